The fourth-order valence-corrected chi connectivity index (χ4v) is 4.65. The van der Waals surface area contributed by atoms with Crippen LogP contribution in [-0.2, 0) is 16.0 Å². The fourth-order valence-electron chi connectivity index (χ4n) is 3.85. The minimum absolute atomic E-state index is 0.0789. The van der Waals surface area contributed by atoms with Crippen molar-refractivity contribution in [3.63, 3.8) is 0 Å². The van der Waals surface area contributed by atoms with Crippen LogP contribution < -0.4 is 10.2 Å². The number of nitrogens with one attached hydrogen (secondary N) is 2. The molecule has 2 amide bonds. The zero-order valence-electron chi connectivity index (χ0n) is 16.7. The van der Waals surface area contributed by atoms with Crippen LogP contribution >= 0.6 is 11.3 Å². The van der Waals surface area contributed by atoms with Crippen molar-refractivity contribution in [2.75, 3.05) is 18.0 Å². The van der Waals surface area contributed by atoms with Crippen LogP contribution in [0.5, 0.6) is 0 Å². The first-order valence-electron chi connectivity index (χ1n) is 10.2. The van der Waals surface area contributed by atoms with Crippen LogP contribution in [0.2, 0.25) is 0 Å². The van der Waals surface area contributed by atoms with Crippen molar-refractivity contribution in [1.82, 2.24) is 20.5 Å². The second-order valence-corrected chi connectivity index (χ2v) is 8.47. The van der Waals surface area contributed by atoms with Gasteiger partial charge in [-0.05, 0) is 12.1 Å². The van der Waals surface area contributed by atoms with Crippen LogP contribution in [0.25, 0.3) is 22.2 Å². The molecular weight excluding hydrogens is 410 g/mol. The van der Waals surface area contributed by atoms with E-state index in [9.17, 15) is 9.59 Å². The summed E-state index contributed by atoms with van der Waals surface area (Å²) < 4.78 is 0. The van der Waals surface area contributed by atoms with Gasteiger partial charge in [0.1, 0.15) is 0 Å². The minimum atomic E-state index is -0.376. The van der Waals surface area contributed by atoms with Gasteiger partial charge >= 0.3 is 0 Å². The predicted molar refractivity (Wildman–Crippen MR) is 121 cm³/mol. The quantitative estimate of drug-likeness (QED) is 0.490. The highest BCUT2D eigenvalue weighted by Crippen LogP contribution is 2.29. The summed E-state index contributed by atoms with van der Waals surface area (Å²) in [7, 11) is 0. The topological polar surface area (TPSA) is 91.0 Å². The molecule has 5 rings (SSSR count). The van der Waals surface area contributed by atoms with Crippen LogP contribution in [0, 0.1) is 5.92 Å². The highest BCUT2D eigenvalue weighted by Gasteiger charge is 2.36. The summed E-state index contributed by atoms with van der Waals surface area (Å²) in [5, 5.41) is 14.1. The molecule has 31 heavy (non-hydrogen) atoms. The molecule has 4 aromatic rings. The van der Waals surface area contributed by atoms with Crippen LogP contribution in [-0.4, -0.2) is 40.1 Å². The lowest BCUT2D eigenvalue weighted by molar-refractivity contribution is -0.126. The molecule has 0 unspecified atom stereocenters. The highest BCUT2D eigenvalue weighted by molar-refractivity contribution is 7.09. The molecule has 0 aliphatic carbocycles. The SMILES string of the molecule is O=C(NCCc1nc(-c2ccccc2)cs1)[C@@H]1CC(=O)N(c2n[nH]c3ccccc23)C1. The molecule has 1 aliphatic rings. The van der Waals surface area contributed by atoms with Gasteiger partial charge in [0, 0.05) is 42.3 Å². The molecule has 0 bridgehead atoms. The molecular formula is C23H21N5O2S. The second kappa shape index (κ2) is 8.31. The number of amides is 2. The Labute approximate surface area is 183 Å². The van der Waals surface area contributed by atoms with Crippen LogP contribution in [0.4, 0.5) is 5.82 Å². The zero-order chi connectivity index (χ0) is 21.2. The summed E-state index contributed by atoms with van der Waals surface area (Å²) >= 11 is 1.59. The summed E-state index contributed by atoms with van der Waals surface area (Å²) in [6.07, 6.45) is 0.861. The van der Waals surface area contributed by atoms with E-state index in [0.29, 0.717) is 25.3 Å². The van der Waals surface area contributed by atoms with E-state index >= 15 is 0 Å². The molecule has 156 valence electrons. The van der Waals surface area contributed by atoms with Crippen LogP contribution in [0.3, 0.4) is 0 Å². The summed E-state index contributed by atoms with van der Waals surface area (Å²) in [5.41, 5.74) is 2.91. The normalized spacial score (nSPS) is 16.2. The Bertz CT molecular complexity index is 1230. The number of aromatic amines is 1. The summed E-state index contributed by atoms with van der Waals surface area (Å²) in [6, 6.07) is 17.7. The number of carbonyl (C=O) groups is 2. The summed E-state index contributed by atoms with van der Waals surface area (Å²) in [5.74, 6) is 0.0339. The number of fused-ring (bicyclic) bond motifs is 1. The van der Waals surface area contributed by atoms with E-state index in [1.165, 1.54) is 0 Å². The highest BCUT2D eigenvalue weighted by atomic mass is 32.1. The minimum Gasteiger partial charge on any atom is -0.355 e. The molecule has 1 saturated heterocycles. The molecule has 0 spiro atoms. The standard InChI is InChI=1S/C23H21N5O2S/c29-21-12-16(13-28(21)22-17-8-4-5-9-18(17)26-27-22)23(30)24-11-10-20-25-19(14-31-20)15-6-2-1-3-7-15/h1-9,14,16H,10-13H2,(H,24,30)(H,26,27)/t16-/m1/s1. The van der Waals surface area contributed by atoms with Crippen LogP contribution in [0.15, 0.2) is 60.0 Å². The number of thiazole rings is 1. The molecule has 2 aromatic heterocycles. The van der Waals surface area contributed by atoms with Crippen LogP contribution in [0.1, 0.15) is 11.4 Å². The average molecular weight is 432 g/mol. The molecule has 0 radical (unpaired) electrons. The third-order valence-corrected chi connectivity index (χ3v) is 6.37. The van der Waals surface area contributed by atoms with E-state index in [1.54, 1.807) is 16.2 Å². The lowest BCUT2D eigenvalue weighted by atomic mass is 10.1. The number of hydrogen-bond acceptors (Lipinski definition) is 5. The fraction of sp³-hybridized carbons (Fsp3) is 0.217. The van der Waals surface area contributed by atoms with Gasteiger partial charge in [-0.3, -0.25) is 19.6 Å². The Morgan fingerprint density at radius 2 is 1.97 bits per heavy atom. The Morgan fingerprint density at radius 3 is 2.84 bits per heavy atom. The third-order valence-electron chi connectivity index (χ3n) is 5.46. The number of hydrogen-bond donors (Lipinski definition) is 2. The van der Waals surface area contributed by atoms with E-state index in [0.717, 1.165) is 27.2 Å². The van der Waals surface area contributed by atoms with Gasteiger partial charge in [-0.1, -0.05) is 42.5 Å². The third kappa shape index (κ3) is 3.94. The van der Waals surface area contributed by atoms with Crippen molar-refractivity contribution in [2.45, 2.75) is 12.8 Å². The largest absolute Gasteiger partial charge is 0.355 e. The van der Waals surface area contributed by atoms with Gasteiger partial charge in [0.25, 0.3) is 0 Å². The monoisotopic (exact) mass is 431 g/mol. The van der Waals surface area contributed by atoms with Gasteiger partial charge in [-0.2, -0.15) is 5.10 Å². The molecule has 1 aliphatic heterocycles. The molecule has 1 atom stereocenters. The van der Waals surface area contributed by atoms with Gasteiger partial charge in [0.15, 0.2) is 5.82 Å². The number of H-pyrrole nitrogens is 1. The van der Waals surface area contributed by atoms with Crippen molar-refractivity contribution < 1.29 is 9.59 Å². The van der Waals surface area contributed by atoms with Crippen molar-refractivity contribution in [2.24, 2.45) is 5.92 Å². The molecule has 7 nitrogen and oxygen atoms in total. The van der Waals surface area contributed by atoms with E-state index < -0.39 is 0 Å². The molecule has 3 heterocycles. The summed E-state index contributed by atoms with van der Waals surface area (Å²) in [4.78, 5) is 31.5. The average Bonchev–Trinajstić information content (AvgIpc) is 3.52. The van der Waals surface area contributed by atoms with Crippen molar-refractivity contribution in [3.05, 3.63) is 65.0 Å². The number of anilines is 1. The molecule has 0 saturated carbocycles. The Hall–Kier alpha value is -3.52. The van der Waals surface area contributed by atoms with Gasteiger partial charge in [-0.15, -0.1) is 11.3 Å². The van der Waals surface area contributed by atoms with E-state index in [2.05, 4.69) is 20.5 Å². The number of para-hydroxylation sites is 1. The maximum Gasteiger partial charge on any atom is 0.229 e. The Balaban J connectivity index is 1.17. The number of aromatic nitrogens is 3. The lowest BCUT2D eigenvalue weighted by Crippen LogP contribution is -2.34. The number of rotatable bonds is 6. The maximum atomic E-state index is 12.7. The Morgan fingerprint density at radius 1 is 1.16 bits per heavy atom. The first kappa shape index (κ1) is 19.4. The molecule has 8 heteroatoms. The van der Waals surface area contributed by atoms with E-state index in [1.807, 2.05) is 60.0 Å². The number of carbonyl (C=O) groups excluding carboxylic acids is 2. The first-order chi connectivity index (χ1) is 15.2. The number of benzene rings is 2. The smallest absolute Gasteiger partial charge is 0.229 e. The first-order valence-corrected chi connectivity index (χ1v) is 11.1. The van der Waals surface area contributed by atoms with E-state index in [-0.39, 0.29) is 24.2 Å². The van der Waals surface area contributed by atoms with Gasteiger partial charge < -0.3 is 5.32 Å². The molecule has 1 fully saturated rings. The second-order valence-electron chi connectivity index (χ2n) is 7.53. The molecule has 2 aromatic carbocycles. The van der Waals surface area contributed by atoms with Gasteiger partial charge in [0.2, 0.25) is 11.8 Å². The van der Waals surface area contributed by atoms with Crippen molar-refractivity contribution in [1.29, 1.82) is 0 Å². The summed E-state index contributed by atoms with van der Waals surface area (Å²) in [6.45, 7) is 0.839. The number of nitrogens with zero attached hydrogens (tertiary/aromatic N) is 3. The van der Waals surface area contributed by atoms with Crippen molar-refractivity contribution >= 4 is 39.9 Å². The zero-order valence-corrected chi connectivity index (χ0v) is 17.6. The Kier molecular flexibility index (Phi) is 5.21. The van der Waals surface area contributed by atoms with Gasteiger partial charge in [0.05, 0.1) is 22.1 Å². The molecule has 2 N–H and O–H groups in total. The maximum absolute atomic E-state index is 12.7. The van der Waals surface area contributed by atoms with Gasteiger partial charge in [-0.25, -0.2) is 4.98 Å². The van der Waals surface area contributed by atoms with Crippen molar-refractivity contribution in [3.8, 4) is 11.3 Å². The van der Waals surface area contributed by atoms with E-state index in [4.69, 9.17) is 0 Å². The predicted octanol–water partition coefficient (Wildman–Crippen LogP) is 3.40. The lowest BCUT2D eigenvalue weighted by Gasteiger charge is -2.14.